The zero-order chi connectivity index (χ0) is 8.72. The van der Waals surface area contributed by atoms with Crippen LogP contribution in [0.3, 0.4) is 0 Å². The maximum Gasteiger partial charge on any atom is 0.0811 e. The van der Waals surface area contributed by atoms with Gasteiger partial charge in [-0.3, -0.25) is 0 Å². The van der Waals surface area contributed by atoms with E-state index in [0.717, 1.165) is 15.6 Å². The van der Waals surface area contributed by atoms with Crippen LogP contribution in [0.2, 0.25) is 0 Å². The Morgan fingerprint density at radius 1 is 1.50 bits per heavy atom. The molecular formula is C9H10BrNO. The number of rotatable bonds is 0. The van der Waals surface area contributed by atoms with Gasteiger partial charge in [0, 0.05) is 10.5 Å². The van der Waals surface area contributed by atoms with Gasteiger partial charge in [-0.2, -0.15) is 0 Å². The van der Waals surface area contributed by atoms with Crippen LogP contribution < -0.4 is 5.73 Å². The van der Waals surface area contributed by atoms with Gasteiger partial charge >= 0.3 is 0 Å². The minimum absolute atomic E-state index is 0.0226. The van der Waals surface area contributed by atoms with Gasteiger partial charge in [0.15, 0.2) is 0 Å². The van der Waals surface area contributed by atoms with Crippen molar-refractivity contribution in [2.75, 3.05) is 0 Å². The fourth-order valence-electron chi connectivity index (χ4n) is 1.72. The lowest BCUT2D eigenvalue weighted by atomic mass is 10.1. The first-order valence-corrected chi connectivity index (χ1v) is 4.71. The molecule has 3 heteroatoms. The van der Waals surface area contributed by atoms with Crippen molar-refractivity contribution in [1.82, 2.24) is 0 Å². The van der Waals surface area contributed by atoms with Gasteiger partial charge in [0.05, 0.1) is 6.10 Å². The molecule has 1 aliphatic rings. The van der Waals surface area contributed by atoms with E-state index in [-0.39, 0.29) is 12.1 Å². The predicted octanol–water partition coefficient (Wildman–Crippen LogP) is 1.89. The van der Waals surface area contributed by atoms with Crippen molar-refractivity contribution in [2.45, 2.75) is 18.6 Å². The van der Waals surface area contributed by atoms with E-state index >= 15 is 0 Å². The van der Waals surface area contributed by atoms with Gasteiger partial charge in [-0.15, -0.1) is 0 Å². The molecule has 0 aromatic heterocycles. The molecule has 1 aromatic rings. The van der Waals surface area contributed by atoms with Crippen LogP contribution in [0.1, 0.15) is 29.7 Å². The highest BCUT2D eigenvalue weighted by atomic mass is 79.9. The van der Waals surface area contributed by atoms with E-state index < -0.39 is 0 Å². The number of aliphatic hydroxyl groups is 1. The van der Waals surface area contributed by atoms with Crippen molar-refractivity contribution in [3.05, 3.63) is 33.8 Å². The Kier molecular flexibility index (Phi) is 1.94. The summed E-state index contributed by atoms with van der Waals surface area (Å²) in [5.41, 5.74) is 7.88. The van der Waals surface area contributed by atoms with E-state index in [4.69, 9.17) is 5.73 Å². The molecule has 1 aromatic carbocycles. The van der Waals surface area contributed by atoms with Crippen molar-refractivity contribution >= 4 is 15.9 Å². The van der Waals surface area contributed by atoms with E-state index in [0.29, 0.717) is 6.42 Å². The molecule has 0 heterocycles. The standard InChI is InChI=1S/C9H10BrNO/c10-6-3-1-2-5-8(12)4-7(11)9(5)6/h1-3,7-8,12H,4,11H2. The summed E-state index contributed by atoms with van der Waals surface area (Å²) >= 11 is 3.42. The highest BCUT2D eigenvalue weighted by molar-refractivity contribution is 9.10. The summed E-state index contributed by atoms with van der Waals surface area (Å²) in [5.74, 6) is 0. The van der Waals surface area contributed by atoms with Gasteiger partial charge in [-0.1, -0.05) is 28.1 Å². The minimum atomic E-state index is -0.382. The van der Waals surface area contributed by atoms with Crippen LogP contribution in [0.15, 0.2) is 22.7 Å². The number of fused-ring (bicyclic) bond motifs is 1. The average molecular weight is 228 g/mol. The van der Waals surface area contributed by atoms with Crippen LogP contribution in [0.4, 0.5) is 0 Å². The number of aliphatic hydroxyl groups excluding tert-OH is 1. The normalized spacial score (nSPS) is 27.2. The summed E-state index contributed by atoms with van der Waals surface area (Å²) in [6.45, 7) is 0. The third kappa shape index (κ3) is 1.09. The number of hydrogen-bond donors (Lipinski definition) is 2. The third-order valence-corrected chi connectivity index (χ3v) is 2.99. The van der Waals surface area contributed by atoms with Crippen LogP contribution >= 0.6 is 15.9 Å². The molecule has 0 amide bonds. The molecule has 3 N–H and O–H groups in total. The summed E-state index contributed by atoms with van der Waals surface area (Å²) in [6.07, 6.45) is 0.255. The fourth-order valence-corrected chi connectivity index (χ4v) is 2.40. The van der Waals surface area contributed by atoms with Gasteiger partial charge in [0.1, 0.15) is 0 Å². The molecule has 2 atom stereocenters. The Morgan fingerprint density at radius 2 is 2.25 bits per heavy atom. The second-order valence-electron chi connectivity index (χ2n) is 3.10. The van der Waals surface area contributed by atoms with Crippen molar-refractivity contribution in [1.29, 1.82) is 0 Å². The Labute approximate surface area is 79.5 Å². The van der Waals surface area contributed by atoms with Gasteiger partial charge in [0.25, 0.3) is 0 Å². The zero-order valence-corrected chi connectivity index (χ0v) is 8.08. The summed E-state index contributed by atoms with van der Waals surface area (Å²) in [5, 5.41) is 9.58. The molecule has 0 radical (unpaired) electrons. The van der Waals surface area contributed by atoms with Crippen LogP contribution in [0.25, 0.3) is 0 Å². The Balaban J connectivity index is 2.59. The van der Waals surface area contributed by atoms with Crippen molar-refractivity contribution in [3.63, 3.8) is 0 Å². The molecular weight excluding hydrogens is 218 g/mol. The molecule has 12 heavy (non-hydrogen) atoms. The van der Waals surface area contributed by atoms with Crippen LogP contribution in [0.5, 0.6) is 0 Å². The van der Waals surface area contributed by atoms with Gasteiger partial charge in [-0.25, -0.2) is 0 Å². The molecule has 0 saturated carbocycles. The molecule has 2 unspecified atom stereocenters. The van der Waals surface area contributed by atoms with Crippen molar-refractivity contribution in [2.24, 2.45) is 5.73 Å². The molecule has 0 aliphatic heterocycles. The van der Waals surface area contributed by atoms with E-state index in [1.165, 1.54) is 0 Å². The highest BCUT2D eigenvalue weighted by Crippen LogP contribution is 2.40. The molecule has 0 bridgehead atoms. The van der Waals surface area contributed by atoms with Crippen molar-refractivity contribution < 1.29 is 5.11 Å². The monoisotopic (exact) mass is 227 g/mol. The quantitative estimate of drug-likeness (QED) is 0.712. The topological polar surface area (TPSA) is 46.2 Å². The first kappa shape index (κ1) is 8.23. The van der Waals surface area contributed by atoms with Crippen LogP contribution in [0, 0.1) is 0 Å². The largest absolute Gasteiger partial charge is 0.388 e. The molecule has 1 aliphatic carbocycles. The Hall–Kier alpha value is -0.380. The molecule has 0 spiro atoms. The number of hydrogen-bond acceptors (Lipinski definition) is 2. The van der Waals surface area contributed by atoms with Crippen LogP contribution in [-0.2, 0) is 0 Å². The number of benzene rings is 1. The Bertz CT molecular complexity index is 313. The lowest BCUT2D eigenvalue weighted by molar-refractivity contribution is 0.173. The van der Waals surface area contributed by atoms with Gasteiger partial charge in [-0.05, 0) is 23.6 Å². The predicted molar refractivity (Wildman–Crippen MR) is 50.6 cm³/mol. The average Bonchev–Trinajstić information content (AvgIpc) is 2.29. The summed E-state index contributed by atoms with van der Waals surface area (Å²) < 4.78 is 1.00. The molecule has 64 valence electrons. The van der Waals surface area contributed by atoms with Crippen LogP contribution in [-0.4, -0.2) is 5.11 Å². The Morgan fingerprint density at radius 3 is 2.92 bits per heavy atom. The van der Waals surface area contributed by atoms with Gasteiger partial charge < -0.3 is 10.8 Å². The number of halogens is 1. The summed E-state index contributed by atoms with van der Waals surface area (Å²) in [6, 6.07) is 5.78. The summed E-state index contributed by atoms with van der Waals surface area (Å²) in [4.78, 5) is 0. The van der Waals surface area contributed by atoms with Crippen molar-refractivity contribution in [3.8, 4) is 0 Å². The molecule has 2 rings (SSSR count). The van der Waals surface area contributed by atoms with Gasteiger partial charge in [0.2, 0.25) is 0 Å². The lowest BCUT2D eigenvalue weighted by Crippen LogP contribution is -2.06. The van der Waals surface area contributed by atoms with E-state index in [1.807, 2.05) is 18.2 Å². The minimum Gasteiger partial charge on any atom is -0.388 e. The fraction of sp³-hybridized carbons (Fsp3) is 0.333. The molecule has 0 saturated heterocycles. The smallest absolute Gasteiger partial charge is 0.0811 e. The molecule has 2 nitrogen and oxygen atoms in total. The first-order valence-electron chi connectivity index (χ1n) is 3.92. The number of nitrogens with two attached hydrogens (primary N) is 1. The second kappa shape index (κ2) is 2.83. The maximum atomic E-state index is 9.58. The van der Waals surface area contributed by atoms with E-state index in [9.17, 15) is 5.11 Å². The molecule has 0 fully saturated rings. The van der Waals surface area contributed by atoms with E-state index in [1.54, 1.807) is 0 Å². The first-order chi connectivity index (χ1) is 5.70. The zero-order valence-electron chi connectivity index (χ0n) is 6.50. The maximum absolute atomic E-state index is 9.58. The highest BCUT2D eigenvalue weighted by Gasteiger charge is 2.28. The lowest BCUT2D eigenvalue weighted by Gasteiger charge is -2.05. The third-order valence-electron chi connectivity index (χ3n) is 2.29. The van der Waals surface area contributed by atoms with E-state index in [2.05, 4.69) is 15.9 Å². The summed E-state index contributed by atoms with van der Waals surface area (Å²) in [7, 11) is 0. The second-order valence-corrected chi connectivity index (χ2v) is 3.96. The SMILES string of the molecule is NC1CC(O)c2cccc(Br)c21.